The largest absolute Gasteiger partial charge is 0.464 e. The van der Waals surface area contributed by atoms with Crippen LogP contribution in [0.3, 0.4) is 0 Å². The number of alkyl halides is 3. The van der Waals surface area contributed by atoms with Crippen molar-refractivity contribution in [2.45, 2.75) is 12.3 Å². The molecule has 5 heteroatoms. The zero-order valence-corrected chi connectivity index (χ0v) is 8.61. The Morgan fingerprint density at radius 3 is 2.35 bits per heavy atom. The van der Waals surface area contributed by atoms with Crippen LogP contribution in [0.4, 0.5) is 13.2 Å². The molecule has 0 aliphatic rings. The Morgan fingerprint density at radius 2 is 1.76 bits per heavy atom. The summed E-state index contributed by atoms with van der Waals surface area (Å²) in [5.41, 5.74) is 0.0253. The van der Waals surface area contributed by atoms with Gasteiger partial charge in [-0.3, -0.25) is 0 Å². The van der Waals surface area contributed by atoms with Crippen LogP contribution in [0.2, 0.25) is 0 Å². The molecule has 0 aliphatic carbocycles. The first-order chi connectivity index (χ1) is 8.00. The highest BCUT2D eigenvalue weighted by Gasteiger charge is 2.40. The predicted octanol–water partition coefficient (Wildman–Crippen LogP) is 3.54. The molecular formula is C12H9F3O2. The first-order valence-corrected chi connectivity index (χ1v) is 4.88. The van der Waals surface area contributed by atoms with Crippen molar-refractivity contribution >= 4 is 0 Å². The van der Waals surface area contributed by atoms with E-state index in [0.29, 0.717) is 5.76 Å². The van der Waals surface area contributed by atoms with Gasteiger partial charge in [-0.05, 0) is 12.1 Å². The summed E-state index contributed by atoms with van der Waals surface area (Å²) in [7, 11) is 0. The van der Waals surface area contributed by atoms with Crippen LogP contribution in [-0.2, 0) is 0 Å². The van der Waals surface area contributed by atoms with Crippen LogP contribution in [-0.4, -0.2) is 11.3 Å². The van der Waals surface area contributed by atoms with Gasteiger partial charge in [0, 0.05) is 11.1 Å². The van der Waals surface area contributed by atoms with Crippen LogP contribution in [0.1, 0.15) is 11.7 Å². The predicted molar refractivity (Wildman–Crippen MR) is 55.2 cm³/mol. The molecule has 0 bridgehead atoms. The lowest BCUT2D eigenvalue weighted by Crippen LogP contribution is -2.20. The summed E-state index contributed by atoms with van der Waals surface area (Å²) in [5.74, 6) is 0.295. The summed E-state index contributed by atoms with van der Waals surface area (Å²) in [6, 6.07) is 8.86. The minimum atomic E-state index is -4.69. The molecule has 0 saturated carbocycles. The number of benzene rings is 1. The van der Waals surface area contributed by atoms with E-state index in [-0.39, 0.29) is 11.1 Å². The molecule has 0 fully saturated rings. The van der Waals surface area contributed by atoms with Gasteiger partial charge in [-0.2, -0.15) is 13.2 Å². The minimum absolute atomic E-state index is 0.213. The maximum absolute atomic E-state index is 12.5. The lowest BCUT2D eigenvalue weighted by atomic mass is 10.0. The average molecular weight is 242 g/mol. The number of hydrogen-bond donors (Lipinski definition) is 1. The first kappa shape index (κ1) is 11.7. The average Bonchev–Trinajstić information content (AvgIpc) is 2.80. The van der Waals surface area contributed by atoms with E-state index in [1.807, 2.05) is 0 Å². The molecule has 0 radical (unpaired) electrons. The number of rotatable bonds is 2. The molecule has 1 N–H and O–H groups in total. The van der Waals surface area contributed by atoms with Crippen LogP contribution in [0, 0.1) is 0 Å². The second-order valence-corrected chi connectivity index (χ2v) is 3.51. The van der Waals surface area contributed by atoms with Crippen molar-refractivity contribution in [3.63, 3.8) is 0 Å². The maximum atomic E-state index is 12.5. The molecule has 1 atom stereocenters. The molecule has 1 heterocycles. The van der Waals surface area contributed by atoms with Crippen molar-refractivity contribution in [1.29, 1.82) is 0 Å². The number of aliphatic hydroxyl groups excluding tert-OH is 1. The zero-order chi connectivity index (χ0) is 12.5. The standard InChI is InChI=1S/C12H9F3O2/c13-12(14,15)11(16)9-5-2-1-4-8(9)10-6-3-7-17-10/h1-7,11,16H. The third-order valence-corrected chi connectivity index (χ3v) is 2.35. The van der Waals surface area contributed by atoms with Gasteiger partial charge in [0.15, 0.2) is 6.10 Å². The van der Waals surface area contributed by atoms with Gasteiger partial charge >= 0.3 is 6.18 Å². The summed E-state index contributed by atoms with van der Waals surface area (Å²) in [5, 5.41) is 9.27. The summed E-state index contributed by atoms with van der Waals surface area (Å²) in [6.45, 7) is 0. The Labute approximate surface area is 95.3 Å². The number of aliphatic hydroxyl groups is 1. The highest BCUT2D eigenvalue weighted by Crippen LogP contribution is 2.37. The molecule has 1 aromatic heterocycles. The van der Waals surface area contributed by atoms with E-state index in [2.05, 4.69) is 0 Å². The SMILES string of the molecule is OC(c1ccccc1-c1ccco1)C(F)(F)F. The Balaban J connectivity index is 2.49. The molecule has 2 nitrogen and oxygen atoms in total. The topological polar surface area (TPSA) is 33.4 Å². The molecule has 1 aromatic carbocycles. The van der Waals surface area contributed by atoms with Crippen molar-refractivity contribution in [1.82, 2.24) is 0 Å². The summed E-state index contributed by atoms with van der Waals surface area (Å²) >= 11 is 0. The highest BCUT2D eigenvalue weighted by atomic mass is 19.4. The lowest BCUT2D eigenvalue weighted by molar-refractivity contribution is -0.206. The van der Waals surface area contributed by atoms with Gasteiger partial charge in [-0.1, -0.05) is 24.3 Å². The molecule has 0 amide bonds. The monoisotopic (exact) mass is 242 g/mol. The molecule has 17 heavy (non-hydrogen) atoms. The number of halogens is 3. The maximum Gasteiger partial charge on any atom is 0.418 e. The van der Waals surface area contributed by atoms with Crippen molar-refractivity contribution in [3.05, 3.63) is 48.2 Å². The highest BCUT2D eigenvalue weighted by molar-refractivity contribution is 5.62. The fraction of sp³-hybridized carbons (Fsp3) is 0.167. The van der Waals surface area contributed by atoms with E-state index in [1.165, 1.54) is 24.5 Å². The van der Waals surface area contributed by atoms with Crippen LogP contribution in [0.25, 0.3) is 11.3 Å². The van der Waals surface area contributed by atoms with Crippen LogP contribution in [0.5, 0.6) is 0 Å². The zero-order valence-electron chi connectivity index (χ0n) is 8.61. The number of hydrogen-bond acceptors (Lipinski definition) is 2. The van der Waals surface area contributed by atoms with E-state index in [4.69, 9.17) is 4.42 Å². The molecule has 0 aliphatic heterocycles. The first-order valence-electron chi connectivity index (χ1n) is 4.88. The Morgan fingerprint density at radius 1 is 1.06 bits per heavy atom. The fourth-order valence-corrected chi connectivity index (χ4v) is 1.57. The third kappa shape index (κ3) is 2.34. The van der Waals surface area contributed by atoms with E-state index in [9.17, 15) is 18.3 Å². The van der Waals surface area contributed by atoms with Gasteiger partial charge in [0.25, 0.3) is 0 Å². The molecule has 2 rings (SSSR count). The minimum Gasteiger partial charge on any atom is -0.464 e. The van der Waals surface area contributed by atoms with Gasteiger partial charge < -0.3 is 9.52 Å². The fourth-order valence-electron chi connectivity index (χ4n) is 1.57. The van der Waals surface area contributed by atoms with Crippen molar-refractivity contribution in [2.75, 3.05) is 0 Å². The van der Waals surface area contributed by atoms with Crippen LogP contribution >= 0.6 is 0 Å². The van der Waals surface area contributed by atoms with E-state index >= 15 is 0 Å². The Bertz CT molecular complexity index is 489. The molecular weight excluding hydrogens is 233 g/mol. The smallest absolute Gasteiger partial charge is 0.418 e. The quantitative estimate of drug-likeness (QED) is 0.873. The Kier molecular flexibility index (Phi) is 2.93. The van der Waals surface area contributed by atoms with Gasteiger partial charge in [0.2, 0.25) is 0 Å². The molecule has 2 aromatic rings. The number of furan rings is 1. The molecule has 0 spiro atoms. The Hall–Kier alpha value is -1.75. The normalized spacial score (nSPS) is 13.6. The second kappa shape index (κ2) is 4.25. The third-order valence-electron chi connectivity index (χ3n) is 2.35. The molecule has 1 unspecified atom stereocenters. The van der Waals surface area contributed by atoms with E-state index < -0.39 is 12.3 Å². The van der Waals surface area contributed by atoms with Crippen LogP contribution < -0.4 is 0 Å². The van der Waals surface area contributed by atoms with Crippen molar-refractivity contribution in [3.8, 4) is 11.3 Å². The summed E-state index contributed by atoms with van der Waals surface area (Å²) < 4.78 is 42.5. The van der Waals surface area contributed by atoms with E-state index in [0.717, 1.165) is 0 Å². The van der Waals surface area contributed by atoms with Crippen LogP contribution in [0.15, 0.2) is 47.1 Å². The van der Waals surface area contributed by atoms with Gasteiger partial charge in [-0.15, -0.1) is 0 Å². The molecule has 0 saturated heterocycles. The van der Waals surface area contributed by atoms with Crippen molar-refractivity contribution in [2.24, 2.45) is 0 Å². The lowest BCUT2D eigenvalue weighted by Gasteiger charge is -2.17. The summed E-state index contributed by atoms with van der Waals surface area (Å²) in [6.07, 6.45) is -5.83. The molecule has 90 valence electrons. The second-order valence-electron chi connectivity index (χ2n) is 3.51. The van der Waals surface area contributed by atoms with Gasteiger partial charge in [0.05, 0.1) is 6.26 Å². The van der Waals surface area contributed by atoms with E-state index in [1.54, 1.807) is 18.2 Å². The summed E-state index contributed by atoms with van der Waals surface area (Å²) in [4.78, 5) is 0. The van der Waals surface area contributed by atoms with Gasteiger partial charge in [0.1, 0.15) is 5.76 Å². The van der Waals surface area contributed by atoms with Gasteiger partial charge in [-0.25, -0.2) is 0 Å². The van der Waals surface area contributed by atoms with Crippen molar-refractivity contribution < 1.29 is 22.7 Å².